The molecule has 0 aromatic heterocycles. The Bertz CT molecular complexity index is 412. The third-order valence-corrected chi connectivity index (χ3v) is 3.02. The van der Waals surface area contributed by atoms with Gasteiger partial charge in [0.15, 0.2) is 0 Å². The standard InChI is InChI=1S/C15H24N2O/c1-10-6-11(2)8-12(7-10)17-14(18)9-13(16)15(3,4)5/h6-8,13H,9,16H2,1-5H3,(H,17,18). The van der Waals surface area contributed by atoms with Crippen LogP contribution in [-0.4, -0.2) is 11.9 Å². The summed E-state index contributed by atoms with van der Waals surface area (Å²) in [6.07, 6.45) is 0.344. The Labute approximate surface area is 110 Å². The van der Waals surface area contributed by atoms with Crippen LogP contribution in [0.1, 0.15) is 38.3 Å². The lowest BCUT2D eigenvalue weighted by molar-refractivity contribution is -0.117. The molecule has 1 aromatic rings. The predicted octanol–water partition coefficient (Wildman–Crippen LogP) is 3.01. The predicted molar refractivity (Wildman–Crippen MR) is 76.6 cm³/mol. The summed E-state index contributed by atoms with van der Waals surface area (Å²) < 4.78 is 0. The molecule has 18 heavy (non-hydrogen) atoms. The molecule has 0 spiro atoms. The van der Waals surface area contributed by atoms with Gasteiger partial charge in [-0.1, -0.05) is 26.8 Å². The van der Waals surface area contributed by atoms with E-state index in [4.69, 9.17) is 5.73 Å². The lowest BCUT2D eigenvalue weighted by Crippen LogP contribution is -2.38. The number of nitrogens with two attached hydrogens (primary N) is 1. The molecule has 0 radical (unpaired) electrons. The van der Waals surface area contributed by atoms with Crippen LogP contribution in [0.5, 0.6) is 0 Å². The molecule has 0 aliphatic rings. The third kappa shape index (κ3) is 4.49. The molecule has 1 atom stereocenters. The highest BCUT2D eigenvalue weighted by Gasteiger charge is 2.23. The van der Waals surface area contributed by atoms with Crippen LogP contribution < -0.4 is 11.1 Å². The van der Waals surface area contributed by atoms with Crippen LogP contribution in [0.4, 0.5) is 5.69 Å². The van der Waals surface area contributed by atoms with Gasteiger partial charge in [0, 0.05) is 18.2 Å². The maximum absolute atomic E-state index is 11.9. The van der Waals surface area contributed by atoms with E-state index >= 15 is 0 Å². The zero-order valence-electron chi connectivity index (χ0n) is 12.0. The van der Waals surface area contributed by atoms with Gasteiger partial charge in [0.25, 0.3) is 0 Å². The van der Waals surface area contributed by atoms with Crippen LogP contribution in [0.25, 0.3) is 0 Å². The van der Waals surface area contributed by atoms with Crippen molar-refractivity contribution in [3.8, 4) is 0 Å². The number of aryl methyl sites for hydroxylation is 2. The maximum atomic E-state index is 11.9. The fourth-order valence-corrected chi connectivity index (χ4v) is 1.76. The van der Waals surface area contributed by atoms with Crippen molar-refractivity contribution in [3.05, 3.63) is 29.3 Å². The minimum absolute atomic E-state index is 0.0255. The lowest BCUT2D eigenvalue weighted by Gasteiger charge is -2.26. The minimum atomic E-state index is -0.136. The molecule has 0 aliphatic carbocycles. The van der Waals surface area contributed by atoms with E-state index in [1.54, 1.807) is 0 Å². The summed E-state index contributed by atoms with van der Waals surface area (Å²) >= 11 is 0. The fraction of sp³-hybridized carbons (Fsp3) is 0.533. The first-order chi connectivity index (χ1) is 8.18. The molecule has 0 fully saturated rings. The minimum Gasteiger partial charge on any atom is -0.327 e. The summed E-state index contributed by atoms with van der Waals surface area (Å²) in [5.41, 5.74) is 9.08. The van der Waals surface area contributed by atoms with Gasteiger partial charge >= 0.3 is 0 Å². The molecule has 0 saturated carbocycles. The van der Waals surface area contributed by atoms with Gasteiger partial charge in [-0.2, -0.15) is 0 Å². The van der Waals surface area contributed by atoms with Crippen molar-refractivity contribution in [1.29, 1.82) is 0 Å². The van der Waals surface area contributed by atoms with Crippen LogP contribution in [0.2, 0.25) is 0 Å². The molecule has 3 N–H and O–H groups in total. The van der Waals surface area contributed by atoms with E-state index in [9.17, 15) is 4.79 Å². The first-order valence-electron chi connectivity index (χ1n) is 6.32. The van der Waals surface area contributed by atoms with Gasteiger partial charge in [0.2, 0.25) is 5.91 Å². The number of benzene rings is 1. The van der Waals surface area contributed by atoms with E-state index in [2.05, 4.69) is 11.4 Å². The van der Waals surface area contributed by atoms with E-state index in [1.807, 2.05) is 46.8 Å². The summed E-state index contributed by atoms with van der Waals surface area (Å²) in [7, 11) is 0. The summed E-state index contributed by atoms with van der Waals surface area (Å²) in [4.78, 5) is 11.9. The fourth-order valence-electron chi connectivity index (χ4n) is 1.76. The molecular weight excluding hydrogens is 224 g/mol. The monoisotopic (exact) mass is 248 g/mol. The third-order valence-electron chi connectivity index (χ3n) is 3.02. The van der Waals surface area contributed by atoms with Crippen LogP contribution in [0.15, 0.2) is 18.2 Å². The lowest BCUT2D eigenvalue weighted by atomic mass is 9.85. The molecular formula is C15H24N2O. The molecule has 3 heteroatoms. The quantitative estimate of drug-likeness (QED) is 0.864. The van der Waals surface area contributed by atoms with Crippen LogP contribution >= 0.6 is 0 Å². The second kappa shape index (κ2) is 5.53. The summed E-state index contributed by atoms with van der Waals surface area (Å²) in [6.45, 7) is 10.2. The summed E-state index contributed by atoms with van der Waals surface area (Å²) in [5, 5.41) is 2.91. The zero-order chi connectivity index (χ0) is 13.9. The molecule has 0 saturated heterocycles. The molecule has 3 nitrogen and oxygen atoms in total. The molecule has 100 valence electrons. The van der Waals surface area contributed by atoms with Gasteiger partial charge in [-0.15, -0.1) is 0 Å². The number of hydrogen-bond acceptors (Lipinski definition) is 2. The largest absolute Gasteiger partial charge is 0.327 e. The highest BCUT2D eigenvalue weighted by Crippen LogP contribution is 2.20. The van der Waals surface area contributed by atoms with E-state index in [0.29, 0.717) is 6.42 Å². The maximum Gasteiger partial charge on any atom is 0.225 e. The van der Waals surface area contributed by atoms with Crippen LogP contribution in [0.3, 0.4) is 0 Å². The Hall–Kier alpha value is -1.35. The number of anilines is 1. The molecule has 0 aliphatic heterocycles. The van der Waals surface area contributed by atoms with Crippen molar-refractivity contribution in [3.63, 3.8) is 0 Å². The van der Waals surface area contributed by atoms with Crippen molar-refractivity contribution in [1.82, 2.24) is 0 Å². The van der Waals surface area contributed by atoms with Gasteiger partial charge in [0.1, 0.15) is 0 Å². The second-order valence-corrected chi connectivity index (χ2v) is 6.10. The van der Waals surface area contributed by atoms with Crippen molar-refractivity contribution in [2.24, 2.45) is 11.1 Å². The Morgan fingerprint density at radius 1 is 1.22 bits per heavy atom. The van der Waals surface area contributed by atoms with Crippen molar-refractivity contribution in [2.45, 2.75) is 47.1 Å². The van der Waals surface area contributed by atoms with Crippen molar-refractivity contribution in [2.75, 3.05) is 5.32 Å². The van der Waals surface area contributed by atoms with Gasteiger partial charge in [0.05, 0.1) is 0 Å². The van der Waals surface area contributed by atoms with E-state index in [1.165, 1.54) is 0 Å². The summed E-state index contributed by atoms with van der Waals surface area (Å²) in [5.74, 6) is -0.0255. The van der Waals surface area contributed by atoms with Crippen molar-refractivity contribution >= 4 is 11.6 Å². The molecule has 1 amide bonds. The van der Waals surface area contributed by atoms with E-state index in [0.717, 1.165) is 16.8 Å². The number of amides is 1. The van der Waals surface area contributed by atoms with E-state index in [-0.39, 0.29) is 17.4 Å². The smallest absolute Gasteiger partial charge is 0.225 e. The summed E-state index contributed by atoms with van der Waals surface area (Å²) in [6, 6.07) is 5.88. The molecule has 1 aromatic carbocycles. The SMILES string of the molecule is Cc1cc(C)cc(NC(=O)CC(N)C(C)(C)C)c1. The average Bonchev–Trinajstić information content (AvgIpc) is 2.13. The van der Waals surface area contributed by atoms with E-state index < -0.39 is 0 Å². The van der Waals surface area contributed by atoms with Gasteiger partial charge < -0.3 is 11.1 Å². The topological polar surface area (TPSA) is 55.1 Å². The van der Waals surface area contributed by atoms with Gasteiger partial charge in [-0.05, 0) is 42.5 Å². The van der Waals surface area contributed by atoms with Crippen molar-refractivity contribution < 1.29 is 4.79 Å². The number of nitrogens with one attached hydrogen (secondary N) is 1. The second-order valence-electron chi connectivity index (χ2n) is 6.10. The highest BCUT2D eigenvalue weighted by molar-refractivity contribution is 5.91. The first kappa shape index (κ1) is 14.7. The number of rotatable bonds is 3. The number of carbonyl (C=O) groups is 1. The van der Waals surface area contributed by atoms with Crippen LogP contribution in [-0.2, 0) is 4.79 Å². The number of carbonyl (C=O) groups excluding carboxylic acids is 1. The molecule has 0 bridgehead atoms. The Kier molecular flexibility index (Phi) is 4.52. The first-order valence-corrected chi connectivity index (χ1v) is 6.32. The molecule has 1 unspecified atom stereocenters. The van der Waals surface area contributed by atoms with Gasteiger partial charge in [-0.25, -0.2) is 0 Å². The highest BCUT2D eigenvalue weighted by atomic mass is 16.1. The normalized spacial score (nSPS) is 13.2. The Morgan fingerprint density at radius 3 is 2.17 bits per heavy atom. The van der Waals surface area contributed by atoms with Gasteiger partial charge in [-0.3, -0.25) is 4.79 Å². The molecule has 0 heterocycles. The zero-order valence-corrected chi connectivity index (χ0v) is 12.0. The Balaban J connectivity index is 2.65. The number of hydrogen-bond donors (Lipinski definition) is 2. The average molecular weight is 248 g/mol. The Morgan fingerprint density at radius 2 is 1.72 bits per heavy atom. The molecule has 1 rings (SSSR count). The van der Waals surface area contributed by atoms with Crippen LogP contribution in [0, 0.1) is 19.3 Å².